The first-order valence-electron chi connectivity index (χ1n) is 24.1. The molecule has 0 aromatic heterocycles. The summed E-state index contributed by atoms with van der Waals surface area (Å²) in [6, 6.07) is 16.4. The van der Waals surface area contributed by atoms with E-state index in [0.29, 0.717) is 121 Å². The van der Waals surface area contributed by atoms with Crippen molar-refractivity contribution >= 4 is 253 Å². The summed E-state index contributed by atoms with van der Waals surface area (Å²) in [6.45, 7) is 12.1. The lowest BCUT2D eigenvalue weighted by Gasteiger charge is -2.36. The van der Waals surface area contributed by atoms with Crippen LogP contribution >= 0.6 is 0 Å². The molecule has 0 bridgehead atoms. The van der Waals surface area contributed by atoms with Crippen LogP contribution in [-0.2, 0) is 22.7 Å². The Morgan fingerprint density at radius 1 is 0.447 bits per heavy atom. The van der Waals surface area contributed by atoms with Gasteiger partial charge in [0.2, 0.25) is 0 Å². The van der Waals surface area contributed by atoms with Crippen LogP contribution in [0.5, 0.6) is 0 Å². The fourth-order valence-corrected chi connectivity index (χ4v) is 12.8. The van der Waals surface area contributed by atoms with Gasteiger partial charge in [0.05, 0.1) is 5.41 Å². The Labute approximate surface area is 473 Å². The standard InChI is InChI=1S/C41H18B14.C15H10B5N/c1-13(42)8-19-26(17-12-24(48)34(50)36(52)30(17)40(19,2)3)22(46)9-14-4-6-20(44)31-25(14)16-10-15(43)11-23(47)29(16)41(31)18-5-7-21(45)33(49)27(18)28-32(41)37(53)39(55)38(54)35(28)51;1-15(2)6-4-8(21)12(18)13(19)9(6)5-3-7(16)11(17)14(20)10(5)15/h4-8,10-12H,1,9H2,2-3H3;3-4H,21H2,1-2H3/b19-8+,26-22-;. The summed E-state index contributed by atoms with van der Waals surface area (Å²) in [7, 11) is 124. The fraction of sp³-hybridized carbons (Fsp3) is 0.143. The molecule has 2 N–H and O–H groups in total. The molecule has 0 saturated carbocycles. The molecule has 0 fully saturated rings. The van der Waals surface area contributed by atoms with Crippen LogP contribution in [-0.4, -0.2) is 149 Å². The molecule has 1 nitrogen and oxygen atoms in total. The van der Waals surface area contributed by atoms with Crippen molar-refractivity contribution in [3.63, 3.8) is 0 Å². The fourth-order valence-electron chi connectivity index (χ4n) is 12.8. The smallest absolute Gasteiger partial charge is 0.115 e. The predicted octanol–water partition coefficient (Wildman–Crippen LogP) is -7.88. The number of hydrogen-bond donors (Lipinski definition) is 1. The predicted molar refractivity (Wildman–Crippen MR) is 342 cm³/mol. The van der Waals surface area contributed by atoms with Gasteiger partial charge in [0.25, 0.3) is 0 Å². The molecule has 11 rings (SSSR count). The van der Waals surface area contributed by atoms with Crippen molar-refractivity contribution < 1.29 is 0 Å². The van der Waals surface area contributed by atoms with Gasteiger partial charge in [0.15, 0.2) is 0 Å². The monoisotopic (exact) mass is 923 g/mol. The Kier molecular flexibility index (Phi) is 13.0. The zero-order valence-electron chi connectivity index (χ0n) is 42.7. The third-order valence-corrected chi connectivity index (χ3v) is 16.3. The van der Waals surface area contributed by atoms with Crippen molar-refractivity contribution in [3.8, 4) is 33.4 Å². The van der Waals surface area contributed by atoms with Crippen LogP contribution in [0.2, 0.25) is 0 Å². The molecule has 7 aromatic rings. The molecular weight excluding hydrogens is 892 g/mol. The van der Waals surface area contributed by atoms with Gasteiger partial charge in [-0.25, -0.2) is 0 Å². The molecule has 0 heterocycles. The van der Waals surface area contributed by atoms with Gasteiger partial charge in [0.1, 0.15) is 149 Å². The topological polar surface area (TPSA) is 26.0 Å². The highest BCUT2D eigenvalue weighted by atomic mass is 14.6. The minimum Gasteiger partial charge on any atom is -0.399 e. The molecule has 0 saturated heterocycles. The summed E-state index contributed by atoms with van der Waals surface area (Å²) in [6.07, 6.45) is 2.03. The van der Waals surface area contributed by atoms with E-state index in [9.17, 15) is 0 Å². The summed E-state index contributed by atoms with van der Waals surface area (Å²) in [4.78, 5) is 0. The number of nitrogen functional groups attached to an aromatic ring is 1. The molecule has 76 heavy (non-hydrogen) atoms. The molecule has 0 amide bonds. The van der Waals surface area contributed by atoms with Crippen molar-refractivity contribution in [3.05, 3.63) is 134 Å². The van der Waals surface area contributed by atoms with E-state index in [2.05, 4.69) is 20.4 Å². The van der Waals surface area contributed by atoms with Crippen LogP contribution in [0.25, 0.3) is 39.0 Å². The van der Waals surface area contributed by atoms with E-state index in [0.717, 1.165) is 61.2 Å². The number of benzene rings is 7. The maximum absolute atomic E-state index is 7.26. The lowest BCUT2D eigenvalue weighted by Crippen LogP contribution is -2.52. The average Bonchev–Trinajstić information content (AvgIpc) is 4.21. The van der Waals surface area contributed by atoms with Gasteiger partial charge in [-0.05, 0) is 107 Å². The highest BCUT2D eigenvalue weighted by molar-refractivity contribution is 6.66. The van der Waals surface area contributed by atoms with Crippen molar-refractivity contribution in [2.24, 2.45) is 0 Å². The second kappa shape index (κ2) is 18.2. The molecule has 1 atom stereocenters. The normalized spacial score (nSPS) is 17.5. The minimum atomic E-state index is -1.28. The van der Waals surface area contributed by atoms with Gasteiger partial charge >= 0.3 is 0 Å². The van der Waals surface area contributed by atoms with Gasteiger partial charge in [-0.2, -0.15) is 0 Å². The van der Waals surface area contributed by atoms with Gasteiger partial charge in [-0.15, -0.1) is 55.8 Å². The number of nitrogens with two attached hydrogens (primary N) is 1. The van der Waals surface area contributed by atoms with Crippen LogP contribution in [0.15, 0.2) is 83.8 Å². The maximum atomic E-state index is 7.26. The van der Waals surface area contributed by atoms with E-state index >= 15 is 0 Å². The first-order chi connectivity index (χ1) is 35.4. The number of anilines is 1. The summed E-state index contributed by atoms with van der Waals surface area (Å²) in [5, 5.41) is 0. The Hall–Kier alpha value is -5.21. The van der Waals surface area contributed by atoms with Crippen LogP contribution in [0.4, 0.5) is 5.69 Å². The summed E-state index contributed by atoms with van der Waals surface area (Å²) in [5.74, 6) is 0. The Morgan fingerprint density at radius 2 is 0.987 bits per heavy atom. The molecule has 7 aromatic carbocycles. The van der Waals surface area contributed by atoms with Gasteiger partial charge in [0, 0.05) is 16.5 Å². The van der Waals surface area contributed by atoms with Crippen molar-refractivity contribution in [1.82, 2.24) is 0 Å². The van der Waals surface area contributed by atoms with Gasteiger partial charge in [-0.3, -0.25) is 0 Å². The van der Waals surface area contributed by atoms with Crippen LogP contribution in [0, 0.1) is 0 Å². The zero-order valence-corrected chi connectivity index (χ0v) is 42.7. The summed E-state index contributed by atoms with van der Waals surface area (Å²) in [5.41, 5.74) is 23.3. The average molecular weight is 920 g/mol. The Morgan fingerprint density at radius 3 is 1.61 bits per heavy atom. The van der Waals surface area contributed by atoms with E-state index in [1.54, 1.807) is 30.3 Å². The largest absolute Gasteiger partial charge is 0.399 e. The second-order valence-electron chi connectivity index (χ2n) is 21.3. The molecular formula is C56H28B19N. The minimum absolute atomic E-state index is 0.116. The van der Waals surface area contributed by atoms with Gasteiger partial charge < -0.3 is 5.73 Å². The lowest BCUT2D eigenvalue weighted by atomic mass is 9.57. The maximum Gasteiger partial charge on any atom is 0.115 e. The number of rotatable bonds is 3. The number of allylic oxidation sites excluding steroid dienone is 5. The third-order valence-electron chi connectivity index (χ3n) is 16.3. The molecule has 1 unspecified atom stereocenters. The van der Waals surface area contributed by atoms with Gasteiger partial charge in [-0.1, -0.05) is 137 Å². The van der Waals surface area contributed by atoms with E-state index < -0.39 is 10.8 Å². The van der Waals surface area contributed by atoms with Crippen molar-refractivity contribution in [1.29, 1.82) is 0 Å². The summed E-state index contributed by atoms with van der Waals surface area (Å²) >= 11 is 0. The molecule has 4 aliphatic carbocycles. The second-order valence-corrected chi connectivity index (χ2v) is 21.3. The van der Waals surface area contributed by atoms with E-state index in [1.165, 1.54) is 0 Å². The highest BCUT2D eigenvalue weighted by Crippen LogP contribution is 2.61. The Bertz CT molecular complexity index is 3940. The number of fused-ring (bicyclic) bond motifs is 14. The molecule has 4 aliphatic rings. The van der Waals surface area contributed by atoms with E-state index in [4.69, 9.17) is 155 Å². The van der Waals surface area contributed by atoms with Crippen molar-refractivity contribution in [2.45, 2.75) is 50.4 Å². The highest BCUT2D eigenvalue weighted by Gasteiger charge is 2.55. The van der Waals surface area contributed by atoms with Crippen LogP contribution < -0.4 is 98.6 Å². The van der Waals surface area contributed by atoms with Crippen LogP contribution in [0.3, 0.4) is 0 Å². The quantitative estimate of drug-likeness (QED) is 0.139. The molecule has 20 heteroatoms. The van der Waals surface area contributed by atoms with E-state index in [1.807, 2.05) is 44.2 Å². The lowest BCUT2D eigenvalue weighted by molar-refractivity contribution is 0.665. The Balaban J connectivity index is 0.000000260. The molecule has 1 spiro atoms. The van der Waals surface area contributed by atoms with E-state index in [-0.39, 0.29) is 33.7 Å². The van der Waals surface area contributed by atoms with Crippen LogP contribution in [0.1, 0.15) is 77.8 Å². The SMILES string of the molecule is [B]C(=C)/C=C1\C(=C(/[B])Cc2ccc([B])c3c2-c2cc([B])cc([B])c2C32c3ccc([B])c([B])c3-c3c([B])c([B])c([B])c([B])c32)c2cc([B])c([B])c([B])c2C1(C)C.[B]c1cc2c(c([B])c1[B])C(C)(C)c1cc(N)c([B])c([B])c1-2. The summed E-state index contributed by atoms with van der Waals surface area (Å²) < 4.78 is 0. The molecule has 0 aliphatic heterocycles. The third kappa shape index (κ3) is 7.25. The molecule has 314 valence electrons. The number of hydrogen-bond acceptors (Lipinski definition) is 1. The first kappa shape index (κ1) is 54.2. The van der Waals surface area contributed by atoms with Crippen molar-refractivity contribution in [2.75, 3.05) is 5.73 Å². The first-order valence-corrected chi connectivity index (χ1v) is 24.1. The zero-order chi connectivity index (χ0) is 55.6. The molecule has 38 radical (unpaired) electrons.